The third kappa shape index (κ3) is 2.55. The molecule has 0 saturated carbocycles. The maximum atomic E-state index is 6.03. The fourth-order valence-electron chi connectivity index (χ4n) is 1.22. The number of alkyl halides is 1. The van der Waals surface area contributed by atoms with E-state index < -0.39 is 0 Å². The van der Waals surface area contributed by atoms with Crippen LogP contribution in [0, 0.1) is 0 Å². The van der Waals surface area contributed by atoms with Gasteiger partial charge in [-0.2, -0.15) is 0 Å². The molecule has 1 aromatic carbocycles. The zero-order valence-electron chi connectivity index (χ0n) is 8.14. The second kappa shape index (κ2) is 5.47. The SMILES string of the molecule is COc1cc(CCBr)cc(Cl)c1OC. The van der Waals surface area contributed by atoms with Crippen LogP contribution in [0.25, 0.3) is 0 Å². The fourth-order valence-corrected chi connectivity index (χ4v) is 1.99. The van der Waals surface area contributed by atoms with Crippen LogP contribution in [0.15, 0.2) is 12.1 Å². The normalized spacial score (nSPS) is 10.0. The number of benzene rings is 1. The first-order chi connectivity index (χ1) is 6.72. The van der Waals surface area contributed by atoms with Gasteiger partial charge in [-0.05, 0) is 24.1 Å². The number of ether oxygens (including phenoxy) is 2. The van der Waals surface area contributed by atoms with Crippen molar-refractivity contribution in [1.82, 2.24) is 0 Å². The summed E-state index contributed by atoms with van der Waals surface area (Å²) in [6.07, 6.45) is 0.917. The number of halogens is 2. The minimum atomic E-state index is 0.586. The summed E-state index contributed by atoms with van der Waals surface area (Å²) in [6.45, 7) is 0. The van der Waals surface area contributed by atoms with E-state index in [2.05, 4.69) is 15.9 Å². The highest BCUT2D eigenvalue weighted by molar-refractivity contribution is 9.09. The van der Waals surface area contributed by atoms with E-state index in [1.54, 1.807) is 14.2 Å². The smallest absolute Gasteiger partial charge is 0.179 e. The number of hydrogen-bond acceptors (Lipinski definition) is 2. The van der Waals surface area contributed by atoms with Crippen LogP contribution in [0.5, 0.6) is 11.5 Å². The summed E-state index contributed by atoms with van der Waals surface area (Å²) in [5, 5.41) is 1.49. The van der Waals surface area contributed by atoms with Crippen molar-refractivity contribution in [2.45, 2.75) is 6.42 Å². The number of methoxy groups -OCH3 is 2. The average Bonchev–Trinajstić information content (AvgIpc) is 2.17. The summed E-state index contributed by atoms with van der Waals surface area (Å²) in [5.41, 5.74) is 1.13. The van der Waals surface area contributed by atoms with Crippen molar-refractivity contribution in [2.75, 3.05) is 19.5 Å². The Hall–Kier alpha value is -0.410. The number of hydrogen-bond donors (Lipinski definition) is 0. The van der Waals surface area contributed by atoms with Gasteiger partial charge in [0.1, 0.15) is 0 Å². The van der Waals surface area contributed by atoms with Gasteiger partial charge in [-0.3, -0.25) is 0 Å². The van der Waals surface area contributed by atoms with Gasteiger partial charge in [0.15, 0.2) is 11.5 Å². The highest BCUT2D eigenvalue weighted by atomic mass is 79.9. The maximum absolute atomic E-state index is 6.03. The van der Waals surface area contributed by atoms with Crippen molar-refractivity contribution < 1.29 is 9.47 Å². The van der Waals surface area contributed by atoms with E-state index in [1.807, 2.05) is 12.1 Å². The Labute approximate surface area is 97.3 Å². The third-order valence-corrected chi connectivity index (χ3v) is 2.55. The minimum Gasteiger partial charge on any atom is -0.493 e. The highest BCUT2D eigenvalue weighted by Crippen LogP contribution is 2.36. The lowest BCUT2D eigenvalue weighted by Crippen LogP contribution is -1.94. The molecule has 0 aliphatic rings. The first-order valence-electron chi connectivity index (χ1n) is 4.19. The monoisotopic (exact) mass is 278 g/mol. The fraction of sp³-hybridized carbons (Fsp3) is 0.400. The van der Waals surface area contributed by atoms with E-state index in [4.69, 9.17) is 21.1 Å². The Morgan fingerprint density at radius 2 is 2.00 bits per heavy atom. The Kier molecular flexibility index (Phi) is 4.55. The average molecular weight is 280 g/mol. The molecule has 0 bridgehead atoms. The summed E-state index contributed by atoms with van der Waals surface area (Å²) in [7, 11) is 3.18. The Morgan fingerprint density at radius 1 is 1.29 bits per heavy atom. The first-order valence-corrected chi connectivity index (χ1v) is 5.69. The van der Waals surface area contributed by atoms with E-state index in [0.29, 0.717) is 16.5 Å². The molecule has 0 N–H and O–H groups in total. The van der Waals surface area contributed by atoms with Gasteiger partial charge >= 0.3 is 0 Å². The quantitative estimate of drug-likeness (QED) is 0.787. The Morgan fingerprint density at radius 3 is 2.50 bits per heavy atom. The molecule has 0 heterocycles. The lowest BCUT2D eigenvalue weighted by Gasteiger charge is -2.11. The Bertz CT molecular complexity index is 315. The van der Waals surface area contributed by atoms with Crippen LogP contribution in [-0.4, -0.2) is 19.5 Å². The lowest BCUT2D eigenvalue weighted by molar-refractivity contribution is 0.355. The van der Waals surface area contributed by atoms with Crippen LogP contribution < -0.4 is 9.47 Å². The van der Waals surface area contributed by atoms with Crippen molar-refractivity contribution in [3.63, 3.8) is 0 Å². The van der Waals surface area contributed by atoms with Crippen LogP contribution in [0.2, 0.25) is 5.02 Å². The van der Waals surface area contributed by atoms with Crippen molar-refractivity contribution in [3.8, 4) is 11.5 Å². The summed E-state index contributed by atoms with van der Waals surface area (Å²) in [4.78, 5) is 0. The van der Waals surface area contributed by atoms with Crippen molar-refractivity contribution >= 4 is 27.5 Å². The van der Waals surface area contributed by atoms with Crippen LogP contribution in [-0.2, 0) is 6.42 Å². The molecule has 0 aliphatic heterocycles. The molecular formula is C10H12BrClO2. The zero-order valence-corrected chi connectivity index (χ0v) is 10.5. The number of rotatable bonds is 4. The van der Waals surface area contributed by atoms with Gasteiger partial charge in [-0.25, -0.2) is 0 Å². The van der Waals surface area contributed by atoms with Crippen molar-refractivity contribution in [1.29, 1.82) is 0 Å². The molecule has 4 heteroatoms. The molecule has 0 unspecified atom stereocenters. The molecule has 0 amide bonds. The van der Waals surface area contributed by atoms with Crippen molar-refractivity contribution in [2.24, 2.45) is 0 Å². The van der Waals surface area contributed by atoms with E-state index in [1.165, 1.54) is 0 Å². The van der Waals surface area contributed by atoms with Gasteiger partial charge in [0.2, 0.25) is 0 Å². The van der Waals surface area contributed by atoms with Crippen LogP contribution in [0.1, 0.15) is 5.56 Å². The third-order valence-electron chi connectivity index (χ3n) is 1.88. The summed E-state index contributed by atoms with van der Waals surface area (Å²) in [6, 6.07) is 3.83. The highest BCUT2D eigenvalue weighted by Gasteiger charge is 2.10. The summed E-state index contributed by atoms with van der Waals surface area (Å²) in [5.74, 6) is 1.27. The predicted octanol–water partition coefficient (Wildman–Crippen LogP) is 3.29. The van der Waals surface area contributed by atoms with Crippen LogP contribution in [0.3, 0.4) is 0 Å². The standard InChI is InChI=1S/C10H12BrClO2/c1-13-9-6-7(3-4-11)5-8(12)10(9)14-2/h5-6H,3-4H2,1-2H3. The first kappa shape index (κ1) is 11.7. The molecule has 0 radical (unpaired) electrons. The molecule has 1 aromatic rings. The zero-order chi connectivity index (χ0) is 10.6. The molecule has 14 heavy (non-hydrogen) atoms. The van der Waals surface area contributed by atoms with E-state index in [0.717, 1.165) is 17.3 Å². The van der Waals surface area contributed by atoms with Gasteiger partial charge in [0, 0.05) is 5.33 Å². The molecule has 0 aliphatic carbocycles. The van der Waals surface area contributed by atoms with Gasteiger partial charge < -0.3 is 9.47 Å². The second-order valence-electron chi connectivity index (χ2n) is 2.75. The van der Waals surface area contributed by atoms with E-state index in [-0.39, 0.29) is 0 Å². The predicted molar refractivity (Wildman–Crippen MR) is 62.1 cm³/mol. The molecule has 1 rings (SSSR count). The number of aryl methyl sites for hydroxylation is 1. The molecule has 0 atom stereocenters. The van der Waals surface area contributed by atoms with Gasteiger partial charge in [0.25, 0.3) is 0 Å². The second-order valence-corrected chi connectivity index (χ2v) is 3.95. The van der Waals surface area contributed by atoms with Gasteiger partial charge in [0.05, 0.1) is 19.2 Å². The minimum absolute atomic E-state index is 0.586. The van der Waals surface area contributed by atoms with Crippen LogP contribution in [0.4, 0.5) is 0 Å². The van der Waals surface area contributed by atoms with Crippen molar-refractivity contribution in [3.05, 3.63) is 22.7 Å². The Balaban J connectivity index is 3.10. The van der Waals surface area contributed by atoms with E-state index >= 15 is 0 Å². The van der Waals surface area contributed by atoms with Gasteiger partial charge in [-0.15, -0.1) is 0 Å². The molecule has 0 fully saturated rings. The van der Waals surface area contributed by atoms with Crippen LogP contribution >= 0.6 is 27.5 Å². The summed E-state index contributed by atoms with van der Waals surface area (Å²) >= 11 is 9.41. The molecule has 78 valence electrons. The summed E-state index contributed by atoms with van der Waals surface area (Å²) < 4.78 is 10.3. The topological polar surface area (TPSA) is 18.5 Å². The lowest BCUT2D eigenvalue weighted by atomic mass is 10.1. The molecule has 0 spiro atoms. The molecule has 0 saturated heterocycles. The largest absolute Gasteiger partial charge is 0.493 e. The van der Waals surface area contributed by atoms with Gasteiger partial charge in [-0.1, -0.05) is 27.5 Å². The maximum Gasteiger partial charge on any atom is 0.179 e. The molecule has 2 nitrogen and oxygen atoms in total. The molecular weight excluding hydrogens is 267 g/mol. The van der Waals surface area contributed by atoms with E-state index in [9.17, 15) is 0 Å². The molecule has 0 aromatic heterocycles.